The summed E-state index contributed by atoms with van der Waals surface area (Å²) in [7, 11) is -4.49. The maximum Gasteiger partial charge on any atom is 0.524 e. The third-order valence-corrected chi connectivity index (χ3v) is 1.78. The Morgan fingerprint density at radius 2 is 1.85 bits per heavy atom. The molecule has 0 aliphatic heterocycles. The topological polar surface area (TPSA) is 66.8 Å². The average molecular weight is 200 g/mol. The lowest BCUT2D eigenvalue weighted by molar-refractivity contribution is 0.269. The van der Waals surface area contributed by atoms with Gasteiger partial charge in [-0.3, -0.25) is 9.79 Å². The van der Waals surface area contributed by atoms with E-state index in [0.29, 0.717) is 5.56 Å². The standard InChI is InChI=1S/C8H9O4P/c1-7(12-13(9,10)11)8-5-3-2-4-6-8/h2-6H,1H2,(H2,9,10,11). The van der Waals surface area contributed by atoms with Crippen LogP contribution in [0.15, 0.2) is 36.9 Å². The first-order chi connectivity index (χ1) is 5.99. The molecule has 0 fully saturated rings. The molecule has 0 unspecified atom stereocenters. The van der Waals surface area contributed by atoms with Gasteiger partial charge in [0.2, 0.25) is 0 Å². The molecule has 0 aliphatic carbocycles. The maximum absolute atomic E-state index is 10.4. The monoisotopic (exact) mass is 200 g/mol. The Bertz CT molecular complexity index is 340. The Labute approximate surface area is 75.7 Å². The number of phosphoric acid groups is 1. The van der Waals surface area contributed by atoms with Crippen LogP contribution in [0.25, 0.3) is 5.76 Å². The Hall–Kier alpha value is -1.09. The minimum absolute atomic E-state index is 0.0334. The number of benzene rings is 1. The Morgan fingerprint density at radius 3 is 2.31 bits per heavy atom. The second-order valence-corrected chi connectivity index (χ2v) is 3.53. The van der Waals surface area contributed by atoms with Gasteiger partial charge in [-0.05, 0) is 0 Å². The molecule has 0 heterocycles. The molecule has 0 bridgehead atoms. The number of hydrogen-bond donors (Lipinski definition) is 2. The van der Waals surface area contributed by atoms with Gasteiger partial charge in [-0.1, -0.05) is 36.9 Å². The van der Waals surface area contributed by atoms with Crippen LogP contribution < -0.4 is 0 Å². The molecule has 70 valence electrons. The predicted octanol–water partition coefficient (Wildman–Crippen LogP) is 1.77. The van der Waals surface area contributed by atoms with Crippen molar-refractivity contribution in [3.63, 3.8) is 0 Å². The fourth-order valence-electron chi connectivity index (χ4n) is 0.820. The molecule has 0 aromatic heterocycles. The lowest BCUT2D eigenvalue weighted by Crippen LogP contribution is -1.88. The summed E-state index contributed by atoms with van der Waals surface area (Å²) < 4.78 is 14.7. The van der Waals surface area contributed by atoms with E-state index < -0.39 is 7.82 Å². The zero-order valence-corrected chi connectivity index (χ0v) is 7.65. The first-order valence-electron chi connectivity index (χ1n) is 3.48. The van der Waals surface area contributed by atoms with E-state index in [2.05, 4.69) is 11.1 Å². The fourth-order valence-corrected chi connectivity index (χ4v) is 1.21. The van der Waals surface area contributed by atoms with Gasteiger partial charge in [0.25, 0.3) is 0 Å². The molecule has 0 atom stereocenters. The van der Waals surface area contributed by atoms with Crippen LogP contribution in [0, 0.1) is 0 Å². The van der Waals surface area contributed by atoms with Crippen LogP contribution in [0.1, 0.15) is 5.56 Å². The van der Waals surface area contributed by atoms with Crippen molar-refractivity contribution in [2.24, 2.45) is 0 Å². The van der Waals surface area contributed by atoms with Crippen molar-refractivity contribution in [3.8, 4) is 0 Å². The number of phosphoric ester groups is 1. The summed E-state index contributed by atoms with van der Waals surface area (Å²) in [6.45, 7) is 3.40. The highest BCUT2D eigenvalue weighted by Gasteiger charge is 2.16. The fraction of sp³-hybridized carbons (Fsp3) is 0. The number of rotatable bonds is 3. The van der Waals surface area contributed by atoms with E-state index in [-0.39, 0.29) is 5.76 Å². The molecular weight excluding hydrogens is 191 g/mol. The van der Waals surface area contributed by atoms with Crippen molar-refractivity contribution in [2.75, 3.05) is 0 Å². The third-order valence-electron chi connectivity index (χ3n) is 1.32. The minimum atomic E-state index is -4.49. The molecule has 0 saturated carbocycles. The van der Waals surface area contributed by atoms with Crippen LogP contribution >= 0.6 is 7.82 Å². The molecule has 0 spiro atoms. The summed E-state index contributed by atoms with van der Waals surface area (Å²) >= 11 is 0. The van der Waals surface area contributed by atoms with E-state index in [0.717, 1.165) is 0 Å². The number of hydrogen-bond acceptors (Lipinski definition) is 2. The van der Waals surface area contributed by atoms with Gasteiger partial charge in [0.15, 0.2) is 0 Å². The first-order valence-corrected chi connectivity index (χ1v) is 5.01. The van der Waals surface area contributed by atoms with Gasteiger partial charge >= 0.3 is 7.82 Å². The second kappa shape index (κ2) is 3.75. The summed E-state index contributed by atoms with van der Waals surface area (Å²) in [6.07, 6.45) is 0. The van der Waals surface area contributed by atoms with Crippen molar-refractivity contribution in [2.45, 2.75) is 0 Å². The van der Waals surface area contributed by atoms with Crippen molar-refractivity contribution in [3.05, 3.63) is 42.5 Å². The van der Waals surface area contributed by atoms with Gasteiger partial charge in [-0.2, -0.15) is 0 Å². The smallest absolute Gasteiger partial charge is 0.404 e. The summed E-state index contributed by atoms with van der Waals surface area (Å²) in [5, 5.41) is 0. The molecule has 4 nitrogen and oxygen atoms in total. The normalized spacial score (nSPS) is 10.9. The Morgan fingerprint density at radius 1 is 1.31 bits per heavy atom. The van der Waals surface area contributed by atoms with Crippen LogP contribution in [0.5, 0.6) is 0 Å². The maximum atomic E-state index is 10.4. The van der Waals surface area contributed by atoms with Gasteiger partial charge in [-0.25, -0.2) is 4.57 Å². The van der Waals surface area contributed by atoms with E-state index in [1.165, 1.54) is 0 Å². The SMILES string of the molecule is C=C(OP(=O)(O)O)c1ccccc1. The van der Waals surface area contributed by atoms with Gasteiger partial charge in [-0.15, -0.1) is 0 Å². The highest BCUT2D eigenvalue weighted by molar-refractivity contribution is 7.46. The largest absolute Gasteiger partial charge is 0.524 e. The Kier molecular flexibility index (Phi) is 2.88. The highest BCUT2D eigenvalue weighted by atomic mass is 31.2. The van der Waals surface area contributed by atoms with Crippen molar-refractivity contribution < 1.29 is 18.9 Å². The van der Waals surface area contributed by atoms with Crippen molar-refractivity contribution in [1.82, 2.24) is 0 Å². The van der Waals surface area contributed by atoms with Crippen molar-refractivity contribution >= 4 is 13.6 Å². The lowest BCUT2D eigenvalue weighted by atomic mass is 10.2. The van der Waals surface area contributed by atoms with Crippen LogP contribution in [0.3, 0.4) is 0 Å². The van der Waals surface area contributed by atoms with Crippen LogP contribution in [-0.4, -0.2) is 9.79 Å². The zero-order chi connectivity index (χ0) is 9.90. The summed E-state index contributed by atoms with van der Waals surface area (Å²) in [6, 6.07) is 8.54. The molecule has 1 rings (SSSR count). The van der Waals surface area contributed by atoms with E-state index in [1.807, 2.05) is 0 Å². The van der Waals surface area contributed by atoms with E-state index >= 15 is 0 Å². The predicted molar refractivity (Wildman–Crippen MR) is 48.6 cm³/mol. The summed E-state index contributed by atoms with van der Waals surface area (Å²) in [5.74, 6) is -0.0334. The van der Waals surface area contributed by atoms with Crippen LogP contribution in [0.4, 0.5) is 0 Å². The van der Waals surface area contributed by atoms with E-state index in [1.54, 1.807) is 30.3 Å². The van der Waals surface area contributed by atoms with Gasteiger partial charge in [0.05, 0.1) is 0 Å². The minimum Gasteiger partial charge on any atom is -0.404 e. The Balaban J connectivity index is 2.76. The average Bonchev–Trinajstić information content (AvgIpc) is 2.03. The quantitative estimate of drug-likeness (QED) is 0.576. The third kappa shape index (κ3) is 3.42. The van der Waals surface area contributed by atoms with Gasteiger partial charge in [0.1, 0.15) is 5.76 Å². The zero-order valence-electron chi connectivity index (χ0n) is 6.75. The first kappa shape index (κ1) is 9.99. The molecule has 1 aromatic carbocycles. The van der Waals surface area contributed by atoms with Crippen LogP contribution in [-0.2, 0) is 9.09 Å². The van der Waals surface area contributed by atoms with E-state index in [4.69, 9.17) is 9.79 Å². The summed E-state index contributed by atoms with van der Waals surface area (Å²) in [5.41, 5.74) is 0.547. The molecule has 5 heteroatoms. The molecule has 0 amide bonds. The highest BCUT2D eigenvalue weighted by Crippen LogP contribution is 2.40. The molecule has 2 N–H and O–H groups in total. The molecule has 1 aromatic rings. The van der Waals surface area contributed by atoms with Gasteiger partial charge < -0.3 is 4.52 Å². The molecular formula is C8H9O4P. The molecule has 0 saturated heterocycles. The summed E-state index contributed by atoms with van der Waals surface area (Å²) in [4.78, 5) is 17.0. The lowest BCUT2D eigenvalue weighted by Gasteiger charge is -2.08. The molecule has 0 aliphatic rings. The molecule has 13 heavy (non-hydrogen) atoms. The van der Waals surface area contributed by atoms with Crippen molar-refractivity contribution in [1.29, 1.82) is 0 Å². The van der Waals surface area contributed by atoms with Gasteiger partial charge in [0, 0.05) is 5.56 Å². The second-order valence-electron chi connectivity index (χ2n) is 2.37. The van der Waals surface area contributed by atoms with Crippen LogP contribution in [0.2, 0.25) is 0 Å². The van der Waals surface area contributed by atoms with E-state index in [9.17, 15) is 4.57 Å². The molecule has 0 radical (unpaired) electrons.